The minimum atomic E-state index is 0.598. The molecule has 0 fully saturated rings. The van der Waals surface area contributed by atoms with Crippen molar-refractivity contribution in [3.63, 3.8) is 0 Å². The van der Waals surface area contributed by atoms with Gasteiger partial charge < -0.3 is 5.32 Å². The van der Waals surface area contributed by atoms with E-state index in [0.29, 0.717) is 5.92 Å². The fourth-order valence-corrected chi connectivity index (χ4v) is 2.38. The molecule has 1 atom stereocenters. The van der Waals surface area contributed by atoms with E-state index in [9.17, 15) is 0 Å². The summed E-state index contributed by atoms with van der Waals surface area (Å²) in [6.07, 6.45) is 0. The normalized spacial score (nSPS) is 12.9. The number of hydrogen-bond donors (Lipinski definition) is 1. The van der Waals surface area contributed by atoms with Crippen molar-refractivity contribution in [3.8, 4) is 0 Å². The Bertz CT molecular complexity index is 292. The van der Waals surface area contributed by atoms with Crippen molar-refractivity contribution in [2.24, 2.45) is 0 Å². The van der Waals surface area contributed by atoms with Crippen LogP contribution in [0.3, 0.4) is 0 Å². The molecule has 0 amide bonds. The highest BCUT2D eigenvalue weighted by Crippen LogP contribution is 2.24. The third-order valence-electron chi connectivity index (χ3n) is 2.74. The van der Waals surface area contributed by atoms with Gasteiger partial charge in [0.15, 0.2) is 0 Å². The Morgan fingerprint density at radius 3 is 2.07 bits per heavy atom. The first-order valence-electron chi connectivity index (χ1n) is 5.28. The van der Waals surface area contributed by atoms with Gasteiger partial charge in [0.1, 0.15) is 0 Å². The average molecular weight is 191 g/mol. The third kappa shape index (κ3) is 2.36. The van der Waals surface area contributed by atoms with E-state index in [1.165, 1.54) is 22.3 Å². The van der Waals surface area contributed by atoms with E-state index in [1.807, 2.05) is 7.05 Å². The van der Waals surface area contributed by atoms with E-state index < -0.39 is 0 Å². The topological polar surface area (TPSA) is 12.0 Å². The molecule has 1 aromatic rings. The lowest BCUT2D eigenvalue weighted by molar-refractivity contribution is 0.671. The Labute approximate surface area is 87.5 Å². The van der Waals surface area contributed by atoms with E-state index in [4.69, 9.17) is 0 Å². The predicted molar refractivity (Wildman–Crippen MR) is 63.0 cm³/mol. The molecule has 1 rings (SSSR count). The molecule has 0 heterocycles. The lowest BCUT2D eigenvalue weighted by atomic mass is 9.90. The Balaban J connectivity index is 3.07. The van der Waals surface area contributed by atoms with Crippen molar-refractivity contribution in [1.29, 1.82) is 0 Å². The maximum Gasteiger partial charge on any atom is 0.00146 e. The van der Waals surface area contributed by atoms with Crippen LogP contribution in [0.2, 0.25) is 0 Å². The molecule has 0 saturated carbocycles. The quantitative estimate of drug-likeness (QED) is 0.774. The molecule has 78 valence electrons. The van der Waals surface area contributed by atoms with Gasteiger partial charge in [-0.15, -0.1) is 0 Å². The zero-order chi connectivity index (χ0) is 10.7. The van der Waals surface area contributed by atoms with Crippen LogP contribution in [0.4, 0.5) is 0 Å². The largest absolute Gasteiger partial charge is 0.319 e. The highest BCUT2D eigenvalue weighted by atomic mass is 14.8. The van der Waals surface area contributed by atoms with Gasteiger partial charge in [0.25, 0.3) is 0 Å². The van der Waals surface area contributed by atoms with Gasteiger partial charge in [0.05, 0.1) is 0 Å². The SMILES string of the molecule is CNCC(C)c1c(C)cc(C)cc1C. The number of aryl methyl sites for hydroxylation is 3. The van der Waals surface area contributed by atoms with Crippen molar-refractivity contribution < 1.29 is 0 Å². The minimum absolute atomic E-state index is 0.598. The summed E-state index contributed by atoms with van der Waals surface area (Å²) in [5, 5.41) is 3.24. The molecule has 0 aliphatic carbocycles. The first-order valence-corrected chi connectivity index (χ1v) is 5.28. The molecule has 1 aromatic carbocycles. The monoisotopic (exact) mass is 191 g/mol. The van der Waals surface area contributed by atoms with Crippen LogP contribution in [-0.2, 0) is 0 Å². The molecule has 1 heteroatoms. The van der Waals surface area contributed by atoms with Crippen LogP contribution < -0.4 is 5.32 Å². The summed E-state index contributed by atoms with van der Waals surface area (Å²) in [7, 11) is 2.01. The molecule has 0 aromatic heterocycles. The molecule has 0 radical (unpaired) electrons. The van der Waals surface area contributed by atoms with Crippen molar-refractivity contribution in [2.75, 3.05) is 13.6 Å². The summed E-state index contributed by atoms with van der Waals surface area (Å²) >= 11 is 0. The number of likely N-dealkylation sites (N-methyl/N-ethyl adjacent to an activating group) is 1. The molecule has 0 bridgehead atoms. The highest BCUT2D eigenvalue weighted by molar-refractivity contribution is 5.39. The third-order valence-corrected chi connectivity index (χ3v) is 2.74. The second-order valence-corrected chi connectivity index (χ2v) is 4.27. The second-order valence-electron chi connectivity index (χ2n) is 4.27. The van der Waals surface area contributed by atoms with Gasteiger partial charge in [0, 0.05) is 6.54 Å². The molecule has 1 unspecified atom stereocenters. The minimum Gasteiger partial charge on any atom is -0.319 e. The lowest BCUT2D eigenvalue weighted by Gasteiger charge is -2.18. The summed E-state index contributed by atoms with van der Waals surface area (Å²) in [5.41, 5.74) is 5.71. The van der Waals surface area contributed by atoms with Gasteiger partial charge in [-0.05, 0) is 50.4 Å². The smallest absolute Gasteiger partial charge is 0.00146 e. The number of benzene rings is 1. The molecule has 1 nitrogen and oxygen atoms in total. The number of nitrogens with one attached hydrogen (secondary N) is 1. The van der Waals surface area contributed by atoms with Crippen molar-refractivity contribution >= 4 is 0 Å². The fraction of sp³-hybridized carbons (Fsp3) is 0.538. The maximum atomic E-state index is 3.24. The maximum absolute atomic E-state index is 3.24. The van der Waals surface area contributed by atoms with E-state index in [0.717, 1.165) is 6.54 Å². The molecule has 0 spiro atoms. The van der Waals surface area contributed by atoms with Gasteiger partial charge in [-0.2, -0.15) is 0 Å². The Morgan fingerprint density at radius 2 is 1.64 bits per heavy atom. The van der Waals surface area contributed by atoms with Crippen LogP contribution in [0.15, 0.2) is 12.1 Å². The Hall–Kier alpha value is -0.820. The molecule has 0 saturated heterocycles. The number of rotatable bonds is 3. The Kier molecular flexibility index (Phi) is 3.70. The summed E-state index contributed by atoms with van der Waals surface area (Å²) in [6.45, 7) is 9.90. The van der Waals surface area contributed by atoms with Crippen LogP contribution in [0.5, 0.6) is 0 Å². The van der Waals surface area contributed by atoms with E-state index in [1.54, 1.807) is 0 Å². The Morgan fingerprint density at radius 1 is 1.14 bits per heavy atom. The van der Waals surface area contributed by atoms with Gasteiger partial charge in [-0.25, -0.2) is 0 Å². The molecule has 14 heavy (non-hydrogen) atoms. The molecular weight excluding hydrogens is 170 g/mol. The predicted octanol–water partition coefficient (Wildman–Crippen LogP) is 2.93. The van der Waals surface area contributed by atoms with Crippen LogP contribution in [-0.4, -0.2) is 13.6 Å². The zero-order valence-electron chi connectivity index (χ0n) is 9.94. The molecule has 0 aliphatic rings. The summed E-state index contributed by atoms with van der Waals surface area (Å²) in [5.74, 6) is 0.598. The van der Waals surface area contributed by atoms with Crippen LogP contribution >= 0.6 is 0 Å². The van der Waals surface area contributed by atoms with Gasteiger partial charge in [-0.1, -0.05) is 24.6 Å². The lowest BCUT2D eigenvalue weighted by Crippen LogP contribution is -2.16. The summed E-state index contributed by atoms with van der Waals surface area (Å²) in [6, 6.07) is 4.54. The van der Waals surface area contributed by atoms with E-state index in [-0.39, 0.29) is 0 Å². The average Bonchev–Trinajstić information content (AvgIpc) is 2.01. The number of hydrogen-bond acceptors (Lipinski definition) is 1. The van der Waals surface area contributed by atoms with Crippen molar-refractivity contribution in [1.82, 2.24) is 5.32 Å². The van der Waals surface area contributed by atoms with Crippen LogP contribution in [0, 0.1) is 20.8 Å². The molecule has 1 N–H and O–H groups in total. The van der Waals surface area contributed by atoms with E-state index in [2.05, 4.69) is 45.1 Å². The van der Waals surface area contributed by atoms with Crippen molar-refractivity contribution in [3.05, 3.63) is 34.4 Å². The highest BCUT2D eigenvalue weighted by Gasteiger charge is 2.10. The standard InChI is InChI=1S/C13H21N/c1-9-6-10(2)13(11(3)7-9)12(4)8-14-5/h6-7,12,14H,8H2,1-5H3. The first-order chi connectivity index (χ1) is 6.56. The van der Waals surface area contributed by atoms with Gasteiger partial charge >= 0.3 is 0 Å². The molecule has 0 aliphatic heterocycles. The molecular formula is C13H21N. The van der Waals surface area contributed by atoms with Gasteiger partial charge in [-0.3, -0.25) is 0 Å². The second kappa shape index (κ2) is 4.61. The van der Waals surface area contributed by atoms with Crippen LogP contribution in [0.25, 0.3) is 0 Å². The zero-order valence-corrected chi connectivity index (χ0v) is 9.94. The summed E-state index contributed by atoms with van der Waals surface area (Å²) < 4.78 is 0. The van der Waals surface area contributed by atoms with Crippen LogP contribution in [0.1, 0.15) is 35.1 Å². The van der Waals surface area contributed by atoms with Crippen molar-refractivity contribution in [2.45, 2.75) is 33.6 Å². The summed E-state index contributed by atoms with van der Waals surface area (Å²) in [4.78, 5) is 0. The fourth-order valence-electron chi connectivity index (χ4n) is 2.38. The van der Waals surface area contributed by atoms with E-state index >= 15 is 0 Å². The first kappa shape index (κ1) is 11.3. The van der Waals surface area contributed by atoms with Gasteiger partial charge in [0.2, 0.25) is 0 Å².